The summed E-state index contributed by atoms with van der Waals surface area (Å²) in [7, 11) is 0. The maximum atomic E-state index is 10.5. The molecular weight excluding hydrogens is 234 g/mol. The van der Waals surface area contributed by atoms with Crippen LogP contribution in [0.5, 0.6) is 17.2 Å². The van der Waals surface area contributed by atoms with E-state index in [1.54, 1.807) is 0 Å². The Balaban J connectivity index is 3.03. The van der Waals surface area contributed by atoms with Crippen molar-refractivity contribution in [1.82, 2.24) is 0 Å². The summed E-state index contributed by atoms with van der Waals surface area (Å²) in [5, 5.41) is 34.9. The Kier molecular flexibility index (Phi) is 4.10. The highest BCUT2D eigenvalue weighted by atomic mass is 17.1. The Hall–Kier alpha value is -2.03. The van der Waals surface area contributed by atoms with Crippen LogP contribution in [0.2, 0.25) is 0 Å². The van der Waals surface area contributed by atoms with E-state index < -0.39 is 23.5 Å². The van der Waals surface area contributed by atoms with Crippen LogP contribution in [0.25, 0.3) is 0 Å². The Bertz CT molecular complexity index is 420. The van der Waals surface area contributed by atoms with Crippen molar-refractivity contribution in [2.75, 3.05) is 0 Å². The van der Waals surface area contributed by atoms with Crippen molar-refractivity contribution < 1.29 is 35.3 Å². The van der Waals surface area contributed by atoms with E-state index in [1.165, 1.54) is 6.07 Å². The summed E-state index contributed by atoms with van der Waals surface area (Å²) in [6.07, 6.45) is -0.0923. The topological polar surface area (TPSA) is 142 Å². The van der Waals surface area contributed by atoms with Crippen molar-refractivity contribution in [3.05, 3.63) is 17.7 Å². The number of rotatable bonds is 5. The lowest BCUT2D eigenvalue weighted by Crippen LogP contribution is -2.32. The zero-order valence-electron chi connectivity index (χ0n) is 8.53. The lowest BCUT2D eigenvalue weighted by molar-refractivity contribution is -0.165. The molecule has 0 aliphatic rings. The van der Waals surface area contributed by atoms with Gasteiger partial charge in [-0.15, -0.1) is 0 Å². The van der Waals surface area contributed by atoms with Crippen LogP contribution in [0.4, 0.5) is 0 Å². The molecule has 1 atom stereocenters. The number of phenolic OH excluding ortho intramolecular Hbond substituents is 1. The SMILES string of the molecule is N[C@@H](Cc1cc(O)c(OO)c(OO)c1)C(=O)O. The van der Waals surface area contributed by atoms with Gasteiger partial charge in [0.25, 0.3) is 5.75 Å². The monoisotopic (exact) mass is 245 g/mol. The number of carbonyl (C=O) groups is 1. The van der Waals surface area contributed by atoms with Crippen LogP contribution in [0.3, 0.4) is 0 Å². The van der Waals surface area contributed by atoms with Crippen LogP contribution in [-0.4, -0.2) is 32.7 Å². The molecule has 0 saturated carbocycles. The molecule has 1 aromatic rings. The Morgan fingerprint density at radius 1 is 1.35 bits per heavy atom. The van der Waals surface area contributed by atoms with Crippen LogP contribution in [-0.2, 0) is 11.2 Å². The largest absolute Gasteiger partial charge is 0.504 e. The Morgan fingerprint density at radius 3 is 2.47 bits per heavy atom. The van der Waals surface area contributed by atoms with Crippen LogP contribution < -0.4 is 15.5 Å². The Labute approximate surface area is 95.3 Å². The van der Waals surface area contributed by atoms with Crippen molar-refractivity contribution >= 4 is 5.97 Å². The molecular formula is C9H11NO7. The molecule has 0 aliphatic heterocycles. The maximum absolute atomic E-state index is 10.5. The highest BCUT2D eigenvalue weighted by Crippen LogP contribution is 2.37. The molecule has 0 amide bonds. The van der Waals surface area contributed by atoms with Crippen molar-refractivity contribution in [3.63, 3.8) is 0 Å². The smallest absolute Gasteiger partial charge is 0.320 e. The van der Waals surface area contributed by atoms with E-state index in [2.05, 4.69) is 9.78 Å². The van der Waals surface area contributed by atoms with E-state index >= 15 is 0 Å². The van der Waals surface area contributed by atoms with Crippen LogP contribution in [0.1, 0.15) is 5.56 Å². The van der Waals surface area contributed by atoms with Crippen LogP contribution in [0, 0.1) is 0 Å². The molecule has 94 valence electrons. The first-order valence-corrected chi connectivity index (χ1v) is 4.46. The number of hydrogen-bond donors (Lipinski definition) is 5. The molecule has 1 aromatic carbocycles. The van der Waals surface area contributed by atoms with Gasteiger partial charge in [0.2, 0.25) is 5.75 Å². The lowest BCUT2D eigenvalue weighted by atomic mass is 10.1. The van der Waals surface area contributed by atoms with Crippen molar-refractivity contribution in [3.8, 4) is 17.2 Å². The summed E-state index contributed by atoms with van der Waals surface area (Å²) in [4.78, 5) is 18.2. The second-order valence-corrected chi connectivity index (χ2v) is 3.27. The number of aromatic hydroxyl groups is 1. The van der Waals surface area contributed by atoms with E-state index in [9.17, 15) is 9.90 Å². The fourth-order valence-electron chi connectivity index (χ4n) is 1.26. The lowest BCUT2D eigenvalue weighted by Gasteiger charge is -2.10. The quantitative estimate of drug-likeness (QED) is 0.361. The number of nitrogens with two attached hydrogens (primary N) is 1. The molecule has 0 saturated heterocycles. The normalized spacial score (nSPS) is 11.9. The molecule has 0 aromatic heterocycles. The molecule has 6 N–H and O–H groups in total. The Morgan fingerprint density at radius 2 is 2.00 bits per heavy atom. The first kappa shape index (κ1) is 13.0. The van der Waals surface area contributed by atoms with Gasteiger partial charge in [-0.25, -0.2) is 10.5 Å². The summed E-state index contributed by atoms with van der Waals surface area (Å²) in [5.41, 5.74) is 5.59. The first-order chi connectivity index (χ1) is 7.99. The van der Waals surface area contributed by atoms with Crippen LogP contribution in [0.15, 0.2) is 12.1 Å². The number of benzene rings is 1. The molecule has 1 rings (SSSR count). The third-order valence-electron chi connectivity index (χ3n) is 2.06. The third kappa shape index (κ3) is 2.97. The summed E-state index contributed by atoms with van der Waals surface area (Å²) >= 11 is 0. The summed E-state index contributed by atoms with van der Waals surface area (Å²) in [6, 6.07) is 1.15. The van der Waals surface area contributed by atoms with Gasteiger partial charge < -0.3 is 25.7 Å². The maximum Gasteiger partial charge on any atom is 0.320 e. The second kappa shape index (κ2) is 5.34. The number of carboxylic acid groups (broad SMARTS) is 1. The van der Waals surface area contributed by atoms with Gasteiger partial charge in [-0.3, -0.25) is 4.79 Å². The molecule has 0 radical (unpaired) electrons. The van der Waals surface area contributed by atoms with Gasteiger partial charge in [0.05, 0.1) is 0 Å². The standard InChI is InChI=1S/C9H11NO7/c10-5(9(12)13)1-4-2-6(11)8(17-15)7(3-4)16-14/h2-3,5,11,14-15H,1,10H2,(H,12,13)/t5-/m0/s1. The fourth-order valence-corrected chi connectivity index (χ4v) is 1.26. The van der Waals surface area contributed by atoms with Gasteiger partial charge in [0.15, 0.2) is 5.75 Å². The number of hydrogen-bond acceptors (Lipinski definition) is 7. The minimum atomic E-state index is -1.21. The van der Waals surface area contributed by atoms with E-state index in [1.807, 2.05) is 0 Å². The van der Waals surface area contributed by atoms with Gasteiger partial charge in [-0.1, -0.05) is 0 Å². The predicted octanol–water partition coefficient (Wildman–Crippen LogP) is 0.0502. The zero-order valence-corrected chi connectivity index (χ0v) is 8.53. The zero-order chi connectivity index (χ0) is 13.0. The minimum absolute atomic E-state index is 0.0923. The fraction of sp³-hybridized carbons (Fsp3) is 0.222. The second-order valence-electron chi connectivity index (χ2n) is 3.27. The van der Waals surface area contributed by atoms with Gasteiger partial charge in [-0.2, -0.15) is 0 Å². The average molecular weight is 245 g/mol. The van der Waals surface area contributed by atoms with Crippen LogP contribution >= 0.6 is 0 Å². The highest BCUT2D eigenvalue weighted by molar-refractivity contribution is 5.73. The molecule has 0 unspecified atom stereocenters. The van der Waals surface area contributed by atoms with Crippen molar-refractivity contribution in [1.29, 1.82) is 0 Å². The van der Waals surface area contributed by atoms with E-state index in [0.29, 0.717) is 5.56 Å². The summed E-state index contributed by atoms with van der Waals surface area (Å²) < 4.78 is 0. The van der Waals surface area contributed by atoms with Crippen molar-refractivity contribution in [2.24, 2.45) is 5.73 Å². The van der Waals surface area contributed by atoms with E-state index in [4.69, 9.17) is 21.4 Å². The molecule has 0 heterocycles. The molecule has 17 heavy (non-hydrogen) atoms. The number of carboxylic acids is 1. The minimum Gasteiger partial charge on any atom is -0.504 e. The molecule has 0 bridgehead atoms. The van der Waals surface area contributed by atoms with E-state index in [0.717, 1.165) is 6.07 Å². The number of phenols is 1. The molecule has 0 aliphatic carbocycles. The van der Waals surface area contributed by atoms with E-state index in [-0.39, 0.29) is 12.2 Å². The third-order valence-corrected chi connectivity index (χ3v) is 2.06. The molecule has 0 fully saturated rings. The average Bonchev–Trinajstić information content (AvgIpc) is 2.27. The van der Waals surface area contributed by atoms with Gasteiger partial charge in [0.1, 0.15) is 6.04 Å². The first-order valence-electron chi connectivity index (χ1n) is 4.46. The summed E-state index contributed by atoms with van der Waals surface area (Å²) in [5.74, 6) is -2.58. The van der Waals surface area contributed by atoms with Gasteiger partial charge in [0, 0.05) is 0 Å². The van der Waals surface area contributed by atoms with Crippen molar-refractivity contribution in [2.45, 2.75) is 12.5 Å². The highest BCUT2D eigenvalue weighted by Gasteiger charge is 2.18. The van der Waals surface area contributed by atoms with Gasteiger partial charge in [-0.05, 0) is 24.1 Å². The number of aliphatic carboxylic acids is 1. The van der Waals surface area contributed by atoms with Gasteiger partial charge >= 0.3 is 5.97 Å². The molecule has 8 heteroatoms. The predicted molar refractivity (Wildman–Crippen MR) is 53.9 cm³/mol. The molecule has 0 spiro atoms. The molecule has 8 nitrogen and oxygen atoms in total. The summed E-state index contributed by atoms with van der Waals surface area (Å²) in [6.45, 7) is 0.